The van der Waals surface area contributed by atoms with Gasteiger partial charge >= 0.3 is 0 Å². The van der Waals surface area contributed by atoms with Crippen molar-refractivity contribution in [3.05, 3.63) is 63.5 Å². The summed E-state index contributed by atoms with van der Waals surface area (Å²) in [6.07, 6.45) is 0. The normalized spacial score (nSPS) is 10.4. The number of fused-ring (bicyclic) bond motifs is 1. The van der Waals surface area contributed by atoms with Gasteiger partial charge in [-0.25, -0.2) is 0 Å². The number of halogens is 1. The highest BCUT2D eigenvalue weighted by molar-refractivity contribution is 6.30. The van der Waals surface area contributed by atoms with Gasteiger partial charge in [-0.3, -0.25) is 0 Å². The molecule has 3 rings (SSSR count). The van der Waals surface area contributed by atoms with Gasteiger partial charge in [0, 0.05) is 15.6 Å². The van der Waals surface area contributed by atoms with E-state index in [1.165, 1.54) is 0 Å². The van der Waals surface area contributed by atoms with Crippen LogP contribution in [0.1, 0.15) is 5.56 Å². The first-order valence-electron chi connectivity index (χ1n) is 5.89. The van der Waals surface area contributed by atoms with Crippen LogP contribution in [0.3, 0.4) is 0 Å². The maximum atomic E-state index is 8.59. The zero-order valence-electron chi connectivity index (χ0n) is 10.3. The van der Waals surface area contributed by atoms with Crippen molar-refractivity contribution in [3.63, 3.8) is 0 Å². The van der Waals surface area contributed by atoms with Gasteiger partial charge in [-0.1, -0.05) is 34.9 Å². The van der Waals surface area contributed by atoms with E-state index in [2.05, 4.69) is 20.2 Å². The molecule has 1 heterocycles. The quantitative estimate of drug-likeness (QED) is 0.413. The molecule has 0 N–H and O–H groups in total. The molecule has 0 atom stereocenters. The van der Waals surface area contributed by atoms with E-state index in [-0.39, 0.29) is 0 Å². The first-order chi connectivity index (χ1) is 9.76. The number of hydrogen-bond donors (Lipinski definition) is 0. The Balaban J connectivity index is 2.00. The van der Waals surface area contributed by atoms with Gasteiger partial charge in [-0.15, -0.1) is 0 Å². The molecule has 0 saturated heterocycles. The average Bonchev–Trinajstić information content (AvgIpc) is 2.84. The van der Waals surface area contributed by atoms with Gasteiger partial charge in [0.25, 0.3) is 0 Å². The number of benzene rings is 2. The molecular formula is C13H9ClN6. The first kappa shape index (κ1) is 12.5. The Bertz CT molecular complexity index is 786. The molecule has 98 valence electrons. The molecule has 0 aliphatic heterocycles. The predicted molar refractivity (Wildman–Crippen MR) is 76.9 cm³/mol. The van der Waals surface area contributed by atoms with Crippen molar-refractivity contribution < 1.29 is 0 Å². The molecule has 3 aromatic rings. The zero-order chi connectivity index (χ0) is 13.9. The lowest BCUT2D eigenvalue weighted by atomic mass is 10.2. The van der Waals surface area contributed by atoms with E-state index in [0.717, 1.165) is 16.6 Å². The second-order valence-electron chi connectivity index (χ2n) is 4.18. The molecule has 20 heavy (non-hydrogen) atoms. The van der Waals surface area contributed by atoms with Gasteiger partial charge in [-0.05, 0) is 35.4 Å². The van der Waals surface area contributed by atoms with Crippen molar-refractivity contribution in [2.45, 2.75) is 6.54 Å². The number of hydrogen-bond acceptors (Lipinski definition) is 3. The molecule has 0 fully saturated rings. The summed E-state index contributed by atoms with van der Waals surface area (Å²) in [6, 6.07) is 12.8. The predicted octanol–water partition coefficient (Wildman–Crippen LogP) is 4.07. The molecule has 0 unspecified atom stereocenters. The van der Waals surface area contributed by atoms with E-state index in [1.54, 1.807) is 23.0 Å². The smallest absolute Gasteiger partial charge is 0.113 e. The van der Waals surface area contributed by atoms with Crippen LogP contribution in [0.15, 0.2) is 47.6 Å². The monoisotopic (exact) mass is 284 g/mol. The molecule has 0 radical (unpaired) electrons. The van der Waals surface area contributed by atoms with Crippen LogP contribution >= 0.6 is 11.6 Å². The zero-order valence-corrected chi connectivity index (χ0v) is 11.1. The van der Waals surface area contributed by atoms with Crippen LogP contribution in [0.2, 0.25) is 5.02 Å². The molecule has 0 aliphatic rings. The van der Waals surface area contributed by atoms with E-state index in [4.69, 9.17) is 17.1 Å². The Labute approximate surface area is 119 Å². The molecule has 0 amide bonds. The Morgan fingerprint density at radius 2 is 1.85 bits per heavy atom. The topological polar surface area (TPSA) is 79.5 Å². The SMILES string of the molecule is [N-]=[N+]=Nc1cc(Cl)ccc1Cn1nc2ccccc2n1. The largest absolute Gasteiger partial charge is 0.179 e. The van der Waals surface area contributed by atoms with Crippen molar-refractivity contribution in [3.8, 4) is 0 Å². The van der Waals surface area contributed by atoms with Crippen LogP contribution < -0.4 is 0 Å². The molecular weight excluding hydrogens is 276 g/mol. The minimum atomic E-state index is 0.417. The van der Waals surface area contributed by atoms with Crippen molar-refractivity contribution in [2.24, 2.45) is 5.11 Å². The van der Waals surface area contributed by atoms with Crippen LogP contribution in [0.5, 0.6) is 0 Å². The highest BCUT2D eigenvalue weighted by Crippen LogP contribution is 2.24. The van der Waals surface area contributed by atoms with Crippen molar-refractivity contribution >= 4 is 28.3 Å². The van der Waals surface area contributed by atoms with Gasteiger partial charge in [0.15, 0.2) is 0 Å². The number of azide groups is 1. The van der Waals surface area contributed by atoms with E-state index < -0.39 is 0 Å². The standard InChI is InChI=1S/C13H9ClN6/c14-10-6-5-9(13(7-10)16-19-15)8-20-17-11-3-1-2-4-12(11)18-20/h1-7H,8H2. The second kappa shape index (κ2) is 5.21. The van der Waals surface area contributed by atoms with Crippen LogP contribution in [-0.2, 0) is 6.54 Å². The second-order valence-corrected chi connectivity index (χ2v) is 4.62. The minimum Gasteiger partial charge on any atom is -0.179 e. The van der Waals surface area contributed by atoms with Gasteiger partial charge in [0.2, 0.25) is 0 Å². The number of nitrogens with zero attached hydrogens (tertiary/aromatic N) is 6. The number of aromatic nitrogens is 3. The highest BCUT2D eigenvalue weighted by atomic mass is 35.5. The van der Waals surface area contributed by atoms with Gasteiger partial charge < -0.3 is 0 Å². The van der Waals surface area contributed by atoms with E-state index in [0.29, 0.717) is 17.3 Å². The lowest BCUT2D eigenvalue weighted by molar-refractivity contribution is 0.601. The molecule has 1 aromatic heterocycles. The first-order valence-corrected chi connectivity index (χ1v) is 6.27. The summed E-state index contributed by atoms with van der Waals surface area (Å²) in [5, 5.41) is 12.9. The van der Waals surface area contributed by atoms with Gasteiger partial charge in [0.05, 0.1) is 6.54 Å². The highest BCUT2D eigenvalue weighted by Gasteiger charge is 2.06. The fourth-order valence-corrected chi connectivity index (χ4v) is 2.11. The summed E-state index contributed by atoms with van der Waals surface area (Å²) >= 11 is 5.90. The molecule has 7 heteroatoms. The summed E-state index contributed by atoms with van der Waals surface area (Å²) in [4.78, 5) is 4.38. The van der Waals surface area contributed by atoms with Crippen molar-refractivity contribution in [1.29, 1.82) is 0 Å². The van der Waals surface area contributed by atoms with Gasteiger partial charge in [0.1, 0.15) is 11.0 Å². The Morgan fingerprint density at radius 3 is 2.50 bits per heavy atom. The van der Waals surface area contributed by atoms with Crippen LogP contribution in [0.25, 0.3) is 21.5 Å². The third kappa shape index (κ3) is 2.42. The lowest BCUT2D eigenvalue weighted by Gasteiger charge is -2.04. The third-order valence-electron chi connectivity index (χ3n) is 2.84. The average molecular weight is 285 g/mol. The maximum absolute atomic E-state index is 8.59. The van der Waals surface area contributed by atoms with E-state index in [1.807, 2.05) is 24.3 Å². The molecule has 0 saturated carbocycles. The minimum absolute atomic E-state index is 0.417. The Hall–Kier alpha value is -2.56. The molecule has 0 spiro atoms. The van der Waals surface area contributed by atoms with Crippen molar-refractivity contribution in [2.75, 3.05) is 0 Å². The molecule has 6 nitrogen and oxygen atoms in total. The Morgan fingerprint density at radius 1 is 1.15 bits per heavy atom. The maximum Gasteiger partial charge on any atom is 0.113 e. The molecule has 2 aromatic carbocycles. The number of rotatable bonds is 3. The van der Waals surface area contributed by atoms with E-state index in [9.17, 15) is 0 Å². The molecule has 0 bridgehead atoms. The Kier molecular flexibility index (Phi) is 3.25. The summed E-state index contributed by atoms with van der Waals surface area (Å²) in [6.45, 7) is 0.417. The van der Waals surface area contributed by atoms with E-state index >= 15 is 0 Å². The summed E-state index contributed by atoms with van der Waals surface area (Å²) in [5.41, 5.74) is 11.5. The lowest BCUT2D eigenvalue weighted by Crippen LogP contribution is -2.03. The van der Waals surface area contributed by atoms with Crippen LogP contribution in [0, 0.1) is 0 Å². The van der Waals surface area contributed by atoms with Crippen molar-refractivity contribution in [1.82, 2.24) is 15.0 Å². The van der Waals surface area contributed by atoms with Gasteiger partial charge in [-0.2, -0.15) is 15.0 Å². The third-order valence-corrected chi connectivity index (χ3v) is 3.07. The summed E-state index contributed by atoms with van der Waals surface area (Å²) in [5.74, 6) is 0. The van der Waals surface area contributed by atoms with Crippen LogP contribution in [-0.4, -0.2) is 15.0 Å². The molecule has 0 aliphatic carbocycles. The summed E-state index contributed by atoms with van der Waals surface area (Å²) in [7, 11) is 0. The summed E-state index contributed by atoms with van der Waals surface area (Å²) < 4.78 is 0. The fraction of sp³-hybridized carbons (Fsp3) is 0.0769. The van der Waals surface area contributed by atoms with Crippen LogP contribution in [0.4, 0.5) is 5.69 Å². The fourth-order valence-electron chi connectivity index (χ4n) is 1.94.